The Morgan fingerprint density at radius 2 is 2.14 bits per heavy atom. The van der Waals surface area contributed by atoms with Gasteiger partial charge in [-0.25, -0.2) is 5.01 Å². The van der Waals surface area contributed by atoms with Gasteiger partial charge in [0.05, 0.1) is 0 Å². The Balaban J connectivity index is 1.96. The first-order chi connectivity index (χ1) is 6.86. The van der Waals surface area contributed by atoms with Crippen LogP contribution in [0.15, 0.2) is 30.3 Å². The summed E-state index contributed by atoms with van der Waals surface area (Å²) in [5.74, 6) is 5.92. The third-order valence-corrected chi connectivity index (χ3v) is 2.71. The Labute approximate surface area is 84.9 Å². The SMILES string of the molecule is NN1CCNCC1Cc1ccccc1. The number of hydrazine groups is 1. The van der Waals surface area contributed by atoms with Crippen LogP contribution in [0.3, 0.4) is 0 Å². The van der Waals surface area contributed by atoms with E-state index in [4.69, 9.17) is 5.84 Å². The van der Waals surface area contributed by atoms with E-state index in [0.717, 1.165) is 26.1 Å². The van der Waals surface area contributed by atoms with Crippen molar-refractivity contribution in [3.8, 4) is 0 Å². The number of nitrogens with zero attached hydrogens (tertiary/aromatic N) is 1. The molecule has 0 aliphatic carbocycles. The molecule has 2 rings (SSSR count). The second kappa shape index (κ2) is 4.55. The van der Waals surface area contributed by atoms with E-state index < -0.39 is 0 Å². The van der Waals surface area contributed by atoms with Gasteiger partial charge in [0.25, 0.3) is 0 Å². The molecule has 0 saturated carbocycles. The zero-order valence-electron chi connectivity index (χ0n) is 8.32. The Hall–Kier alpha value is -0.900. The molecule has 14 heavy (non-hydrogen) atoms. The summed E-state index contributed by atoms with van der Waals surface area (Å²) in [5.41, 5.74) is 1.36. The lowest BCUT2D eigenvalue weighted by atomic mass is 10.0. The smallest absolute Gasteiger partial charge is 0.0406 e. The van der Waals surface area contributed by atoms with Crippen LogP contribution in [0.25, 0.3) is 0 Å². The molecule has 0 bridgehead atoms. The van der Waals surface area contributed by atoms with Crippen LogP contribution in [0.4, 0.5) is 0 Å². The predicted octanol–water partition coefficient (Wildman–Crippen LogP) is 0.377. The van der Waals surface area contributed by atoms with Crippen LogP contribution in [0.2, 0.25) is 0 Å². The van der Waals surface area contributed by atoms with Gasteiger partial charge in [-0.3, -0.25) is 5.84 Å². The number of benzene rings is 1. The summed E-state index contributed by atoms with van der Waals surface area (Å²) < 4.78 is 0. The van der Waals surface area contributed by atoms with Crippen LogP contribution in [-0.2, 0) is 6.42 Å². The molecule has 0 aromatic heterocycles. The largest absolute Gasteiger partial charge is 0.314 e. The van der Waals surface area contributed by atoms with E-state index in [1.54, 1.807) is 0 Å². The van der Waals surface area contributed by atoms with E-state index in [9.17, 15) is 0 Å². The van der Waals surface area contributed by atoms with Crippen molar-refractivity contribution in [2.75, 3.05) is 19.6 Å². The number of piperazine rings is 1. The van der Waals surface area contributed by atoms with Crippen molar-refractivity contribution >= 4 is 0 Å². The zero-order chi connectivity index (χ0) is 9.80. The van der Waals surface area contributed by atoms with E-state index >= 15 is 0 Å². The molecule has 1 heterocycles. The molecule has 3 N–H and O–H groups in total. The maximum absolute atomic E-state index is 5.92. The lowest BCUT2D eigenvalue weighted by Gasteiger charge is -2.32. The monoisotopic (exact) mass is 191 g/mol. The summed E-state index contributed by atoms with van der Waals surface area (Å²) in [6, 6.07) is 10.9. The predicted molar refractivity (Wildman–Crippen MR) is 57.7 cm³/mol. The van der Waals surface area contributed by atoms with E-state index in [2.05, 4.69) is 29.6 Å². The highest BCUT2D eigenvalue weighted by Gasteiger charge is 2.18. The van der Waals surface area contributed by atoms with Crippen LogP contribution in [-0.4, -0.2) is 30.7 Å². The molecule has 1 aliphatic rings. The summed E-state index contributed by atoms with van der Waals surface area (Å²) in [7, 11) is 0. The second-order valence-electron chi connectivity index (χ2n) is 3.79. The zero-order valence-corrected chi connectivity index (χ0v) is 8.32. The summed E-state index contributed by atoms with van der Waals surface area (Å²) in [6.45, 7) is 2.94. The van der Waals surface area contributed by atoms with Crippen LogP contribution in [0, 0.1) is 0 Å². The van der Waals surface area contributed by atoms with Gasteiger partial charge in [0, 0.05) is 25.7 Å². The molecule has 3 nitrogen and oxygen atoms in total. The molecule has 0 spiro atoms. The Morgan fingerprint density at radius 3 is 2.86 bits per heavy atom. The average Bonchev–Trinajstić information content (AvgIpc) is 2.23. The fourth-order valence-electron chi connectivity index (χ4n) is 1.85. The summed E-state index contributed by atoms with van der Waals surface area (Å²) in [6.07, 6.45) is 1.03. The lowest BCUT2D eigenvalue weighted by molar-refractivity contribution is 0.163. The number of nitrogens with one attached hydrogen (secondary N) is 1. The molecule has 3 heteroatoms. The van der Waals surface area contributed by atoms with Crippen molar-refractivity contribution in [2.45, 2.75) is 12.5 Å². The quantitative estimate of drug-likeness (QED) is 0.664. The fourth-order valence-corrected chi connectivity index (χ4v) is 1.85. The maximum Gasteiger partial charge on any atom is 0.0406 e. The van der Waals surface area contributed by atoms with E-state index in [1.807, 2.05) is 11.1 Å². The molecule has 1 aromatic rings. The van der Waals surface area contributed by atoms with Crippen molar-refractivity contribution < 1.29 is 0 Å². The minimum Gasteiger partial charge on any atom is -0.314 e. The standard InChI is InChI=1S/C11H17N3/c12-14-7-6-13-9-11(14)8-10-4-2-1-3-5-10/h1-5,11,13H,6-9,12H2. The molecule has 76 valence electrons. The van der Waals surface area contributed by atoms with Gasteiger partial charge in [-0.2, -0.15) is 0 Å². The topological polar surface area (TPSA) is 41.3 Å². The molecule has 1 aromatic carbocycles. The van der Waals surface area contributed by atoms with E-state index in [-0.39, 0.29) is 0 Å². The Morgan fingerprint density at radius 1 is 1.36 bits per heavy atom. The van der Waals surface area contributed by atoms with Gasteiger partial charge < -0.3 is 5.32 Å². The van der Waals surface area contributed by atoms with Gasteiger partial charge in [0.15, 0.2) is 0 Å². The first-order valence-electron chi connectivity index (χ1n) is 5.12. The lowest BCUT2D eigenvalue weighted by Crippen LogP contribution is -2.55. The minimum absolute atomic E-state index is 0.436. The first-order valence-corrected chi connectivity index (χ1v) is 5.12. The third kappa shape index (κ3) is 2.32. The highest BCUT2D eigenvalue weighted by molar-refractivity contribution is 5.16. The normalized spacial score (nSPS) is 23.6. The number of rotatable bonds is 2. The third-order valence-electron chi connectivity index (χ3n) is 2.71. The minimum atomic E-state index is 0.436. The van der Waals surface area contributed by atoms with Gasteiger partial charge >= 0.3 is 0 Å². The summed E-state index contributed by atoms with van der Waals surface area (Å²) >= 11 is 0. The maximum atomic E-state index is 5.92. The average molecular weight is 191 g/mol. The van der Waals surface area contributed by atoms with Crippen molar-refractivity contribution in [3.05, 3.63) is 35.9 Å². The van der Waals surface area contributed by atoms with Crippen LogP contribution in [0.1, 0.15) is 5.56 Å². The number of hydrogen-bond acceptors (Lipinski definition) is 3. The Bertz CT molecular complexity index is 273. The molecule has 1 aliphatic heterocycles. The summed E-state index contributed by atoms with van der Waals surface area (Å²) in [5, 5.41) is 5.31. The van der Waals surface area contributed by atoms with Crippen molar-refractivity contribution in [2.24, 2.45) is 5.84 Å². The van der Waals surface area contributed by atoms with Crippen LogP contribution < -0.4 is 11.2 Å². The molecule has 1 unspecified atom stereocenters. The Kier molecular flexibility index (Phi) is 3.14. The van der Waals surface area contributed by atoms with E-state index in [0.29, 0.717) is 6.04 Å². The van der Waals surface area contributed by atoms with Gasteiger partial charge in [-0.15, -0.1) is 0 Å². The molecule has 0 amide bonds. The molecule has 1 saturated heterocycles. The molecular formula is C11H17N3. The van der Waals surface area contributed by atoms with Crippen LogP contribution >= 0.6 is 0 Å². The first kappa shape index (κ1) is 9.65. The van der Waals surface area contributed by atoms with E-state index in [1.165, 1.54) is 5.56 Å². The van der Waals surface area contributed by atoms with Crippen molar-refractivity contribution in [1.82, 2.24) is 10.3 Å². The number of nitrogens with two attached hydrogens (primary N) is 1. The fraction of sp³-hybridized carbons (Fsp3) is 0.455. The van der Waals surface area contributed by atoms with Gasteiger partial charge in [0.1, 0.15) is 0 Å². The molecule has 1 atom stereocenters. The summed E-state index contributed by atoms with van der Waals surface area (Å²) in [4.78, 5) is 0. The second-order valence-corrected chi connectivity index (χ2v) is 3.79. The van der Waals surface area contributed by atoms with Gasteiger partial charge in [0.2, 0.25) is 0 Å². The molecule has 0 radical (unpaired) electrons. The van der Waals surface area contributed by atoms with Gasteiger partial charge in [-0.05, 0) is 12.0 Å². The van der Waals surface area contributed by atoms with Crippen molar-refractivity contribution in [3.63, 3.8) is 0 Å². The highest BCUT2D eigenvalue weighted by Crippen LogP contribution is 2.07. The van der Waals surface area contributed by atoms with Crippen LogP contribution in [0.5, 0.6) is 0 Å². The molecule has 1 fully saturated rings. The van der Waals surface area contributed by atoms with Gasteiger partial charge in [-0.1, -0.05) is 30.3 Å². The van der Waals surface area contributed by atoms with Crippen molar-refractivity contribution in [1.29, 1.82) is 0 Å². The molecular weight excluding hydrogens is 174 g/mol. The highest BCUT2D eigenvalue weighted by atomic mass is 15.4. The number of hydrogen-bond donors (Lipinski definition) is 2.